The van der Waals surface area contributed by atoms with E-state index >= 15 is 0 Å². The quantitative estimate of drug-likeness (QED) is 0.595. The van der Waals surface area contributed by atoms with E-state index < -0.39 is 5.60 Å². The lowest BCUT2D eigenvalue weighted by molar-refractivity contribution is -0.0324. The van der Waals surface area contributed by atoms with Gasteiger partial charge in [0.15, 0.2) is 0 Å². The fourth-order valence-corrected chi connectivity index (χ4v) is 4.75. The molecule has 1 unspecified atom stereocenters. The van der Waals surface area contributed by atoms with Crippen molar-refractivity contribution < 1.29 is 5.11 Å². The largest absolute Gasteiger partial charge is 0.387 e. The minimum atomic E-state index is -0.821. The number of fused-ring (bicyclic) bond motifs is 2. The molecule has 0 bridgehead atoms. The summed E-state index contributed by atoms with van der Waals surface area (Å²) < 4.78 is 4.09. The summed E-state index contributed by atoms with van der Waals surface area (Å²) in [4.78, 5) is 0. The van der Waals surface area contributed by atoms with Crippen LogP contribution in [0.1, 0.15) is 43.7 Å². The lowest BCUT2D eigenvalue weighted by atomic mass is 9.77. The molecule has 2 aromatic carbocycles. The van der Waals surface area contributed by atoms with Crippen LogP contribution in [0.5, 0.6) is 0 Å². The van der Waals surface area contributed by atoms with Crippen LogP contribution in [0.4, 0.5) is 0 Å². The first kappa shape index (κ1) is 16.5. The zero-order valence-corrected chi connectivity index (χ0v) is 15.5. The molecule has 5 nitrogen and oxygen atoms in total. The van der Waals surface area contributed by atoms with Crippen molar-refractivity contribution in [2.45, 2.75) is 43.7 Å². The highest BCUT2D eigenvalue weighted by molar-refractivity contribution is 5.85. The van der Waals surface area contributed by atoms with E-state index in [-0.39, 0.29) is 6.04 Å². The fourth-order valence-electron chi connectivity index (χ4n) is 4.75. The maximum Gasteiger partial charge on any atom is 0.113 e. The van der Waals surface area contributed by atoms with Crippen LogP contribution in [0, 0.1) is 0 Å². The summed E-state index contributed by atoms with van der Waals surface area (Å²) in [5, 5.41) is 21.8. The van der Waals surface area contributed by atoms with Gasteiger partial charge in [-0.25, -0.2) is 4.68 Å². The predicted molar refractivity (Wildman–Crippen MR) is 107 cm³/mol. The smallest absolute Gasteiger partial charge is 0.113 e. The van der Waals surface area contributed by atoms with Crippen molar-refractivity contribution in [2.24, 2.45) is 7.05 Å². The zero-order chi connectivity index (χ0) is 18.4. The Labute approximate surface area is 158 Å². The Bertz CT molecular complexity index is 1100. The summed E-state index contributed by atoms with van der Waals surface area (Å²) in [5.74, 6) is 0. The molecule has 5 heteroatoms. The number of hydrogen-bond donors (Lipinski definition) is 1. The highest BCUT2D eigenvalue weighted by atomic mass is 16.3. The van der Waals surface area contributed by atoms with Crippen LogP contribution in [0.3, 0.4) is 0 Å². The van der Waals surface area contributed by atoms with Crippen molar-refractivity contribution in [3.63, 3.8) is 0 Å². The number of para-hydroxylation sites is 2. The molecule has 0 amide bonds. The molecule has 138 valence electrons. The Morgan fingerprint density at radius 3 is 2.48 bits per heavy atom. The minimum Gasteiger partial charge on any atom is -0.387 e. The third-order valence-corrected chi connectivity index (χ3v) is 6.07. The molecule has 27 heavy (non-hydrogen) atoms. The van der Waals surface area contributed by atoms with Crippen LogP contribution in [-0.4, -0.2) is 30.3 Å². The van der Waals surface area contributed by atoms with Gasteiger partial charge in [-0.3, -0.25) is 0 Å². The maximum absolute atomic E-state index is 11.8. The predicted octanol–water partition coefficient (Wildman–Crippen LogP) is 4.21. The zero-order valence-electron chi connectivity index (χ0n) is 15.5. The van der Waals surface area contributed by atoms with Gasteiger partial charge in [0.25, 0.3) is 0 Å². The summed E-state index contributed by atoms with van der Waals surface area (Å²) in [5.41, 5.74) is 3.30. The molecule has 0 saturated heterocycles. The molecule has 1 aliphatic rings. The number of rotatable bonds is 3. The lowest BCUT2D eigenvalue weighted by Crippen LogP contribution is -2.42. The van der Waals surface area contributed by atoms with Crippen molar-refractivity contribution in [3.05, 3.63) is 60.3 Å². The summed E-state index contributed by atoms with van der Waals surface area (Å²) in [6, 6.07) is 16.1. The molecule has 1 atom stereocenters. The van der Waals surface area contributed by atoms with Gasteiger partial charge in [-0.05, 0) is 31.0 Å². The highest BCUT2D eigenvalue weighted by Crippen LogP contribution is 2.43. The molecule has 0 aliphatic heterocycles. The molecule has 1 aliphatic carbocycles. The summed E-state index contributed by atoms with van der Waals surface area (Å²) in [6.07, 6.45) is 7.00. The monoisotopic (exact) mass is 360 g/mol. The lowest BCUT2D eigenvalue weighted by Gasteiger charge is -2.39. The van der Waals surface area contributed by atoms with Gasteiger partial charge >= 0.3 is 0 Å². The molecule has 0 radical (unpaired) electrons. The first-order valence-electron chi connectivity index (χ1n) is 9.74. The number of hydrogen-bond acceptors (Lipinski definition) is 3. The second-order valence-corrected chi connectivity index (χ2v) is 7.80. The first-order chi connectivity index (χ1) is 13.2. The van der Waals surface area contributed by atoms with Gasteiger partial charge in [0.05, 0.1) is 11.1 Å². The Kier molecular flexibility index (Phi) is 3.79. The van der Waals surface area contributed by atoms with E-state index in [0.717, 1.165) is 42.3 Å². The molecule has 1 saturated carbocycles. The van der Waals surface area contributed by atoms with E-state index in [1.54, 1.807) is 0 Å². The average Bonchev–Trinajstić information content (AvgIpc) is 3.25. The van der Waals surface area contributed by atoms with Gasteiger partial charge in [-0.2, -0.15) is 0 Å². The number of aryl methyl sites for hydroxylation is 1. The number of benzene rings is 2. The molecule has 0 spiro atoms. The SMILES string of the molecule is Cn1cc(C(n2nnc3ccccc32)C2(O)CCCCC2)c2ccccc21. The molecule has 1 N–H and O–H groups in total. The number of nitrogens with zero attached hydrogens (tertiary/aromatic N) is 4. The Morgan fingerprint density at radius 2 is 1.67 bits per heavy atom. The Morgan fingerprint density at radius 1 is 0.963 bits per heavy atom. The van der Waals surface area contributed by atoms with Crippen LogP contribution >= 0.6 is 0 Å². The van der Waals surface area contributed by atoms with E-state index in [2.05, 4.69) is 52.4 Å². The molecule has 2 heterocycles. The van der Waals surface area contributed by atoms with Gasteiger partial charge in [0.1, 0.15) is 11.6 Å². The second-order valence-electron chi connectivity index (χ2n) is 7.80. The maximum atomic E-state index is 11.8. The summed E-state index contributed by atoms with van der Waals surface area (Å²) in [6.45, 7) is 0. The van der Waals surface area contributed by atoms with E-state index in [1.807, 2.05) is 28.9 Å². The fraction of sp³-hybridized carbons (Fsp3) is 0.364. The molecule has 1 fully saturated rings. The molecule has 5 rings (SSSR count). The van der Waals surface area contributed by atoms with E-state index in [4.69, 9.17) is 0 Å². The van der Waals surface area contributed by atoms with Gasteiger partial charge in [0.2, 0.25) is 0 Å². The van der Waals surface area contributed by atoms with Crippen molar-refractivity contribution in [3.8, 4) is 0 Å². The average molecular weight is 360 g/mol. The number of aromatic nitrogens is 4. The van der Waals surface area contributed by atoms with Gasteiger partial charge in [-0.15, -0.1) is 5.10 Å². The van der Waals surface area contributed by atoms with Gasteiger partial charge < -0.3 is 9.67 Å². The molecular weight excluding hydrogens is 336 g/mol. The standard InChI is InChI=1S/C22H24N4O/c1-25-15-17(16-9-3-5-11-19(16)25)21(22(27)13-7-2-8-14-22)26-20-12-6-4-10-18(20)23-24-26/h3-6,9-12,15,21,27H,2,7-8,13-14H2,1H3. The van der Waals surface area contributed by atoms with E-state index in [0.29, 0.717) is 0 Å². The molecule has 2 aromatic heterocycles. The molecule has 4 aromatic rings. The molecular formula is C22H24N4O. The third-order valence-electron chi connectivity index (χ3n) is 6.07. The van der Waals surface area contributed by atoms with E-state index in [1.165, 1.54) is 17.3 Å². The topological polar surface area (TPSA) is 55.9 Å². The highest BCUT2D eigenvalue weighted by Gasteiger charge is 2.42. The van der Waals surface area contributed by atoms with Crippen LogP contribution in [0.25, 0.3) is 21.9 Å². The summed E-state index contributed by atoms with van der Waals surface area (Å²) >= 11 is 0. The van der Waals surface area contributed by atoms with Crippen molar-refractivity contribution in [1.82, 2.24) is 19.6 Å². The van der Waals surface area contributed by atoms with Crippen molar-refractivity contribution in [2.75, 3.05) is 0 Å². The summed E-state index contributed by atoms with van der Waals surface area (Å²) in [7, 11) is 2.06. The first-order valence-corrected chi connectivity index (χ1v) is 9.74. The Hall–Kier alpha value is -2.66. The van der Waals surface area contributed by atoms with Gasteiger partial charge in [0, 0.05) is 29.7 Å². The third kappa shape index (κ3) is 2.57. The number of aliphatic hydroxyl groups is 1. The van der Waals surface area contributed by atoms with Crippen molar-refractivity contribution in [1.29, 1.82) is 0 Å². The van der Waals surface area contributed by atoms with Crippen molar-refractivity contribution >= 4 is 21.9 Å². The van der Waals surface area contributed by atoms with Crippen LogP contribution < -0.4 is 0 Å². The van der Waals surface area contributed by atoms with Crippen LogP contribution in [0.2, 0.25) is 0 Å². The normalized spacial score (nSPS) is 18.1. The van der Waals surface area contributed by atoms with Crippen LogP contribution in [-0.2, 0) is 7.05 Å². The Balaban J connectivity index is 1.78. The second kappa shape index (κ2) is 6.20. The van der Waals surface area contributed by atoms with E-state index in [9.17, 15) is 5.11 Å². The van der Waals surface area contributed by atoms with Crippen LogP contribution in [0.15, 0.2) is 54.7 Å². The minimum absolute atomic E-state index is 0.253. The van der Waals surface area contributed by atoms with Gasteiger partial charge in [-0.1, -0.05) is 54.8 Å².